The SMILES string of the molecule is CC[C@H](C)NC(=O)[C@H](C)N(Cc1cccc(OC)c1)C(=O)CN1C(=O)c2cccc3cccc1c23. The van der Waals surface area contributed by atoms with Crippen LogP contribution in [0.5, 0.6) is 5.75 Å². The van der Waals surface area contributed by atoms with Gasteiger partial charge in [0, 0.05) is 23.5 Å². The van der Waals surface area contributed by atoms with Crippen LogP contribution in [0.15, 0.2) is 60.7 Å². The quantitative estimate of drug-likeness (QED) is 0.507. The average Bonchev–Trinajstić information content (AvgIpc) is 3.14. The summed E-state index contributed by atoms with van der Waals surface area (Å²) in [7, 11) is 1.58. The second-order valence-electron chi connectivity index (χ2n) is 8.94. The number of hydrogen-bond donors (Lipinski definition) is 1. The standard InChI is InChI=1S/C28H31N3O4/c1-5-18(2)29-27(33)19(3)30(16-20-9-6-12-22(15-20)35-4)25(32)17-31-24-14-8-11-21-10-7-13-23(26(21)24)28(31)34/h6-15,18-19H,5,16-17H2,1-4H3,(H,29,33)/t18-,19-/m0/s1. The number of nitrogens with one attached hydrogen (secondary N) is 1. The number of carbonyl (C=O) groups is 3. The first kappa shape index (κ1) is 24.3. The number of nitrogens with zero attached hydrogens (tertiary/aromatic N) is 2. The summed E-state index contributed by atoms with van der Waals surface area (Å²) in [5, 5.41) is 4.78. The molecule has 0 aromatic heterocycles. The smallest absolute Gasteiger partial charge is 0.259 e. The molecule has 0 spiro atoms. The molecule has 0 radical (unpaired) electrons. The summed E-state index contributed by atoms with van der Waals surface area (Å²) in [6, 6.07) is 18.0. The van der Waals surface area contributed by atoms with E-state index in [4.69, 9.17) is 4.74 Å². The molecule has 4 rings (SSSR count). The molecule has 1 aliphatic rings. The van der Waals surface area contributed by atoms with Crippen molar-refractivity contribution >= 4 is 34.2 Å². The van der Waals surface area contributed by atoms with Crippen molar-refractivity contribution < 1.29 is 19.1 Å². The van der Waals surface area contributed by atoms with Crippen molar-refractivity contribution in [3.05, 3.63) is 71.8 Å². The van der Waals surface area contributed by atoms with E-state index >= 15 is 0 Å². The van der Waals surface area contributed by atoms with E-state index in [2.05, 4.69) is 5.32 Å². The number of hydrogen-bond acceptors (Lipinski definition) is 4. The lowest BCUT2D eigenvalue weighted by molar-refractivity contribution is -0.139. The van der Waals surface area contributed by atoms with Crippen molar-refractivity contribution in [2.45, 2.75) is 45.8 Å². The summed E-state index contributed by atoms with van der Waals surface area (Å²) < 4.78 is 5.33. The Morgan fingerprint density at radius 1 is 1.06 bits per heavy atom. The third-order valence-corrected chi connectivity index (χ3v) is 6.60. The van der Waals surface area contributed by atoms with Gasteiger partial charge in [-0.05, 0) is 55.5 Å². The molecule has 1 aliphatic heterocycles. The molecule has 0 fully saturated rings. The van der Waals surface area contributed by atoms with Crippen molar-refractivity contribution in [2.75, 3.05) is 18.6 Å². The highest BCUT2D eigenvalue weighted by molar-refractivity contribution is 6.26. The first-order valence-electron chi connectivity index (χ1n) is 11.9. The Kier molecular flexibility index (Phi) is 7.05. The van der Waals surface area contributed by atoms with E-state index in [1.807, 2.05) is 68.4 Å². The minimum absolute atomic E-state index is 0.00835. The van der Waals surface area contributed by atoms with Gasteiger partial charge in [0.1, 0.15) is 18.3 Å². The highest BCUT2D eigenvalue weighted by atomic mass is 16.5. The molecule has 3 amide bonds. The Morgan fingerprint density at radius 3 is 2.49 bits per heavy atom. The molecule has 3 aromatic carbocycles. The van der Waals surface area contributed by atoms with Crippen molar-refractivity contribution in [3.63, 3.8) is 0 Å². The summed E-state index contributed by atoms with van der Waals surface area (Å²) in [6.45, 7) is 5.70. The van der Waals surface area contributed by atoms with Crippen molar-refractivity contribution in [3.8, 4) is 5.75 Å². The largest absolute Gasteiger partial charge is 0.497 e. The van der Waals surface area contributed by atoms with Crippen molar-refractivity contribution in [2.24, 2.45) is 0 Å². The minimum Gasteiger partial charge on any atom is -0.497 e. The zero-order chi connectivity index (χ0) is 25.1. The van der Waals surface area contributed by atoms with Crippen LogP contribution in [-0.4, -0.2) is 48.4 Å². The zero-order valence-electron chi connectivity index (χ0n) is 20.6. The monoisotopic (exact) mass is 473 g/mol. The number of anilines is 1. The second-order valence-corrected chi connectivity index (χ2v) is 8.94. The van der Waals surface area contributed by atoms with Crippen LogP contribution in [0, 0.1) is 0 Å². The van der Waals surface area contributed by atoms with Crippen LogP contribution in [0.1, 0.15) is 43.1 Å². The van der Waals surface area contributed by atoms with Gasteiger partial charge in [0.2, 0.25) is 11.8 Å². The fourth-order valence-corrected chi connectivity index (χ4v) is 4.38. The molecule has 1 N–H and O–H groups in total. The highest BCUT2D eigenvalue weighted by Gasteiger charge is 2.34. The maximum Gasteiger partial charge on any atom is 0.259 e. The molecule has 0 saturated carbocycles. The predicted octanol–water partition coefficient (Wildman–Crippen LogP) is 4.14. The van der Waals surface area contributed by atoms with E-state index in [-0.39, 0.29) is 36.9 Å². The summed E-state index contributed by atoms with van der Waals surface area (Å²) >= 11 is 0. The van der Waals surface area contributed by atoms with E-state index in [9.17, 15) is 14.4 Å². The fraction of sp³-hybridized carbons (Fsp3) is 0.321. The van der Waals surface area contributed by atoms with Crippen LogP contribution in [-0.2, 0) is 16.1 Å². The average molecular weight is 474 g/mol. The molecule has 3 aromatic rings. The second kappa shape index (κ2) is 10.2. The fourth-order valence-electron chi connectivity index (χ4n) is 4.38. The Hall–Kier alpha value is -3.87. The number of methoxy groups -OCH3 is 1. The number of carbonyl (C=O) groups excluding carboxylic acids is 3. The van der Waals surface area contributed by atoms with E-state index in [1.54, 1.807) is 20.1 Å². The Morgan fingerprint density at radius 2 is 1.77 bits per heavy atom. The summed E-state index contributed by atoms with van der Waals surface area (Å²) in [4.78, 5) is 43.0. The molecule has 7 nitrogen and oxygen atoms in total. The molecule has 0 unspecified atom stereocenters. The number of benzene rings is 3. The molecular weight excluding hydrogens is 442 g/mol. The van der Waals surface area contributed by atoms with Gasteiger partial charge in [-0.3, -0.25) is 19.3 Å². The summed E-state index contributed by atoms with van der Waals surface area (Å²) in [6.07, 6.45) is 0.785. The molecule has 0 bridgehead atoms. The maximum atomic E-state index is 13.7. The predicted molar refractivity (Wildman–Crippen MR) is 137 cm³/mol. The van der Waals surface area contributed by atoms with Gasteiger partial charge in [-0.2, -0.15) is 0 Å². The molecule has 2 atom stereocenters. The molecule has 182 valence electrons. The van der Waals surface area contributed by atoms with Crippen LogP contribution >= 0.6 is 0 Å². The topological polar surface area (TPSA) is 79.0 Å². The lowest BCUT2D eigenvalue weighted by Gasteiger charge is -2.31. The van der Waals surface area contributed by atoms with Gasteiger partial charge in [0.05, 0.1) is 12.8 Å². The van der Waals surface area contributed by atoms with Crippen LogP contribution < -0.4 is 15.0 Å². The molecule has 1 heterocycles. The van der Waals surface area contributed by atoms with Crippen molar-refractivity contribution in [1.29, 1.82) is 0 Å². The van der Waals surface area contributed by atoms with E-state index in [0.29, 0.717) is 11.3 Å². The van der Waals surface area contributed by atoms with Crippen LogP contribution in [0.3, 0.4) is 0 Å². The third kappa shape index (κ3) is 4.85. The van der Waals surface area contributed by atoms with Crippen LogP contribution in [0.4, 0.5) is 5.69 Å². The molecule has 0 aliphatic carbocycles. The highest BCUT2D eigenvalue weighted by Crippen LogP contribution is 2.37. The van der Waals surface area contributed by atoms with Gasteiger partial charge in [-0.25, -0.2) is 0 Å². The van der Waals surface area contributed by atoms with E-state index < -0.39 is 6.04 Å². The zero-order valence-corrected chi connectivity index (χ0v) is 20.6. The first-order chi connectivity index (χ1) is 16.8. The Balaban J connectivity index is 1.62. The summed E-state index contributed by atoms with van der Waals surface area (Å²) in [5.41, 5.74) is 2.14. The molecule has 7 heteroatoms. The van der Waals surface area contributed by atoms with Gasteiger partial charge in [0.15, 0.2) is 0 Å². The van der Waals surface area contributed by atoms with Crippen LogP contribution in [0.25, 0.3) is 10.8 Å². The van der Waals surface area contributed by atoms with Crippen molar-refractivity contribution in [1.82, 2.24) is 10.2 Å². The maximum absolute atomic E-state index is 13.7. The minimum atomic E-state index is -0.724. The molecule has 35 heavy (non-hydrogen) atoms. The number of ether oxygens (including phenoxy) is 1. The van der Waals surface area contributed by atoms with Crippen LogP contribution in [0.2, 0.25) is 0 Å². The van der Waals surface area contributed by atoms with Gasteiger partial charge in [-0.15, -0.1) is 0 Å². The number of amides is 3. The van der Waals surface area contributed by atoms with Gasteiger partial charge < -0.3 is 15.0 Å². The van der Waals surface area contributed by atoms with Gasteiger partial charge >= 0.3 is 0 Å². The lowest BCUT2D eigenvalue weighted by Crippen LogP contribution is -2.52. The van der Waals surface area contributed by atoms with Gasteiger partial charge in [-0.1, -0.05) is 43.3 Å². The normalized spacial score (nSPS) is 14.1. The Bertz CT molecular complexity index is 1270. The lowest BCUT2D eigenvalue weighted by atomic mass is 10.1. The van der Waals surface area contributed by atoms with Gasteiger partial charge in [0.25, 0.3) is 5.91 Å². The first-order valence-corrected chi connectivity index (χ1v) is 11.9. The molecular formula is C28H31N3O4. The third-order valence-electron chi connectivity index (χ3n) is 6.60. The number of rotatable bonds is 9. The van der Waals surface area contributed by atoms with E-state index in [1.165, 1.54) is 9.80 Å². The Labute approximate surface area is 205 Å². The summed E-state index contributed by atoms with van der Waals surface area (Å²) in [5.74, 6) is -0.0711. The van der Waals surface area contributed by atoms with E-state index in [0.717, 1.165) is 28.4 Å². The molecule has 0 saturated heterocycles.